The maximum Gasteiger partial charge on any atom is 0.329 e. The Kier molecular flexibility index (Phi) is 5.93. The van der Waals surface area contributed by atoms with Gasteiger partial charge in [-0.2, -0.15) is 0 Å². The number of carbonyl (C=O) groups is 2. The molecule has 0 aliphatic carbocycles. The summed E-state index contributed by atoms with van der Waals surface area (Å²) in [6, 6.07) is 11.8. The van der Waals surface area contributed by atoms with Gasteiger partial charge in [-0.25, -0.2) is 13.9 Å². The van der Waals surface area contributed by atoms with Gasteiger partial charge in [0.15, 0.2) is 0 Å². The molecule has 0 unspecified atom stereocenters. The summed E-state index contributed by atoms with van der Waals surface area (Å²) < 4.78 is 20.4. The number of methoxy groups -OCH3 is 1. The van der Waals surface area contributed by atoms with Crippen molar-refractivity contribution in [2.45, 2.75) is 13.2 Å². The highest BCUT2D eigenvalue weighted by molar-refractivity contribution is 6.30. The highest BCUT2D eigenvalue weighted by atomic mass is 35.5. The molecule has 1 aliphatic rings. The number of carbonyl (C=O) groups excluding carboxylic acids is 2. The topological polar surface area (TPSA) is 96.4 Å². The summed E-state index contributed by atoms with van der Waals surface area (Å²) in [4.78, 5) is 39.1. The summed E-state index contributed by atoms with van der Waals surface area (Å²) in [6.07, 6.45) is 1.29. The molecule has 2 aromatic carbocycles. The molecule has 0 atom stereocenters. The summed E-state index contributed by atoms with van der Waals surface area (Å²) in [7, 11) is 1.47. The van der Waals surface area contributed by atoms with E-state index in [-0.39, 0.29) is 30.0 Å². The largest absolute Gasteiger partial charge is 0.378 e. The third-order valence-electron chi connectivity index (χ3n) is 4.92. The zero-order valence-electron chi connectivity index (χ0n) is 16.9. The number of imide groups is 1. The highest BCUT2D eigenvalue weighted by Crippen LogP contribution is 2.20. The van der Waals surface area contributed by atoms with E-state index in [2.05, 4.69) is 10.4 Å². The molecule has 3 aromatic rings. The van der Waals surface area contributed by atoms with E-state index < -0.39 is 23.3 Å². The number of aromatic nitrogens is 2. The average Bonchev–Trinajstić information content (AvgIpc) is 3.22. The first kappa shape index (κ1) is 21.5. The number of nitrogens with zero attached hydrogens (tertiary/aromatic N) is 2. The molecule has 32 heavy (non-hydrogen) atoms. The summed E-state index contributed by atoms with van der Waals surface area (Å²) >= 11 is 5.92. The second-order valence-corrected chi connectivity index (χ2v) is 7.46. The van der Waals surface area contributed by atoms with E-state index in [1.54, 1.807) is 30.3 Å². The lowest BCUT2D eigenvalue weighted by molar-refractivity contribution is -0.123. The fourth-order valence-electron chi connectivity index (χ4n) is 3.33. The van der Waals surface area contributed by atoms with Gasteiger partial charge < -0.3 is 10.1 Å². The maximum atomic E-state index is 14.0. The Balaban J connectivity index is 1.69. The van der Waals surface area contributed by atoms with Crippen LogP contribution in [0, 0.1) is 5.82 Å². The first-order valence-corrected chi connectivity index (χ1v) is 9.93. The van der Waals surface area contributed by atoms with Crippen LogP contribution in [0.2, 0.25) is 5.02 Å². The normalized spacial score (nSPS) is 15.0. The Morgan fingerprint density at radius 2 is 1.81 bits per heavy atom. The third kappa shape index (κ3) is 4.08. The second kappa shape index (κ2) is 8.81. The predicted molar refractivity (Wildman–Crippen MR) is 116 cm³/mol. The molecule has 2 heterocycles. The van der Waals surface area contributed by atoms with Crippen LogP contribution in [0.3, 0.4) is 0 Å². The van der Waals surface area contributed by atoms with Gasteiger partial charge in [-0.3, -0.25) is 19.6 Å². The number of hydrogen-bond donors (Lipinski definition) is 2. The number of hydrogen-bond acceptors (Lipinski definition) is 4. The Hall–Kier alpha value is -3.69. The van der Waals surface area contributed by atoms with Crippen molar-refractivity contribution < 1.29 is 18.7 Å². The van der Waals surface area contributed by atoms with Crippen LogP contribution >= 0.6 is 11.6 Å². The number of urea groups is 1. The fraction of sp³-hybridized carbons (Fsp3) is 0.136. The number of rotatable bonds is 6. The summed E-state index contributed by atoms with van der Waals surface area (Å²) in [5.74, 6) is -1.19. The minimum atomic E-state index is -0.702. The van der Waals surface area contributed by atoms with E-state index in [0.29, 0.717) is 16.4 Å². The Morgan fingerprint density at radius 1 is 1.09 bits per heavy atom. The summed E-state index contributed by atoms with van der Waals surface area (Å²) in [5.41, 5.74) is 0.755. The van der Waals surface area contributed by atoms with Crippen molar-refractivity contribution >= 4 is 29.6 Å². The monoisotopic (exact) mass is 456 g/mol. The quantitative estimate of drug-likeness (QED) is 0.440. The van der Waals surface area contributed by atoms with Gasteiger partial charge in [0.1, 0.15) is 11.5 Å². The average molecular weight is 457 g/mol. The van der Waals surface area contributed by atoms with Crippen LogP contribution in [-0.2, 0) is 22.7 Å². The Morgan fingerprint density at radius 3 is 2.50 bits per heavy atom. The fourth-order valence-corrected chi connectivity index (χ4v) is 3.45. The molecular weight excluding hydrogens is 439 g/mol. The maximum absolute atomic E-state index is 14.0. The minimum absolute atomic E-state index is 0.0655. The summed E-state index contributed by atoms with van der Waals surface area (Å²) in [6.45, 7) is -0.169. The van der Waals surface area contributed by atoms with Gasteiger partial charge in [0.25, 0.3) is 11.5 Å². The van der Waals surface area contributed by atoms with Gasteiger partial charge in [-0.1, -0.05) is 29.8 Å². The van der Waals surface area contributed by atoms with Crippen molar-refractivity contribution in [1.29, 1.82) is 0 Å². The Bertz CT molecular complexity index is 1280. The van der Waals surface area contributed by atoms with Gasteiger partial charge in [-0.05, 0) is 36.4 Å². The molecule has 2 N–H and O–H groups in total. The molecule has 10 heteroatoms. The van der Waals surface area contributed by atoms with Gasteiger partial charge in [0.05, 0.1) is 30.1 Å². The van der Waals surface area contributed by atoms with E-state index in [4.69, 9.17) is 16.3 Å². The third-order valence-corrected chi connectivity index (χ3v) is 5.17. The highest BCUT2D eigenvalue weighted by Gasteiger charge is 2.34. The van der Waals surface area contributed by atoms with Crippen molar-refractivity contribution in [3.8, 4) is 5.69 Å². The number of ether oxygens (including phenoxy) is 1. The van der Waals surface area contributed by atoms with Crippen LogP contribution in [0.4, 0.5) is 9.18 Å². The van der Waals surface area contributed by atoms with Gasteiger partial charge >= 0.3 is 6.03 Å². The van der Waals surface area contributed by atoms with Crippen molar-refractivity contribution in [2.24, 2.45) is 0 Å². The number of benzene rings is 2. The second-order valence-electron chi connectivity index (χ2n) is 7.02. The molecule has 1 aliphatic heterocycles. The van der Waals surface area contributed by atoms with Crippen LogP contribution in [0.5, 0.6) is 0 Å². The molecule has 0 radical (unpaired) electrons. The van der Waals surface area contributed by atoms with Crippen LogP contribution in [0.1, 0.15) is 16.8 Å². The van der Waals surface area contributed by atoms with Crippen LogP contribution in [0.15, 0.2) is 59.0 Å². The zero-order valence-corrected chi connectivity index (χ0v) is 17.6. The number of aromatic amines is 1. The van der Waals surface area contributed by atoms with Crippen LogP contribution in [0.25, 0.3) is 11.8 Å². The van der Waals surface area contributed by atoms with Crippen molar-refractivity contribution in [2.75, 3.05) is 7.11 Å². The van der Waals surface area contributed by atoms with Gasteiger partial charge in [-0.15, -0.1) is 0 Å². The van der Waals surface area contributed by atoms with Crippen molar-refractivity contribution in [3.05, 3.63) is 92.2 Å². The first-order valence-electron chi connectivity index (χ1n) is 9.55. The molecule has 0 bridgehead atoms. The number of H-pyrrole nitrogens is 1. The molecule has 8 nitrogen and oxygen atoms in total. The standard InChI is InChI=1S/C22H18ClFN4O4/c1-32-12-19-16(20(29)28(26-19)15-8-6-14(23)7-9-15)10-18-21(30)27(22(31)25-18)11-13-4-2-3-5-17(13)24/h2-10,26H,11-12H2,1H3,(H,25,31). The number of halogens is 2. The zero-order chi connectivity index (χ0) is 22.8. The van der Waals surface area contributed by atoms with Crippen molar-refractivity contribution in [3.63, 3.8) is 0 Å². The molecular formula is C22H18ClFN4O4. The lowest BCUT2D eigenvalue weighted by atomic mass is 10.2. The SMILES string of the molecule is COCc1[nH]n(-c2ccc(Cl)cc2)c(=O)c1C=C1NC(=O)N(Cc2ccccc2F)C1=O. The molecule has 4 rings (SSSR count). The molecule has 1 saturated heterocycles. The number of amides is 3. The van der Waals surface area contributed by atoms with Crippen LogP contribution in [-0.4, -0.2) is 33.7 Å². The van der Waals surface area contributed by atoms with E-state index in [0.717, 1.165) is 4.90 Å². The molecule has 0 saturated carbocycles. The lowest BCUT2D eigenvalue weighted by Crippen LogP contribution is -2.30. The van der Waals surface area contributed by atoms with E-state index in [1.165, 1.54) is 36.1 Å². The Labute approximate surface area is 186 Å². The minimum Gasteiger partial charge on any atom is -0.378 e. The van der Waals surface area contributed by atoms with E-state index in [1.807, 2.05) is 0 Å². The first-order chi connectivity index (χ1) is 15.4. The molecule has 1 aromatic heterocycles. The predicted octanol–water partition coefficient (Wildman–Crippen LogP) is 3.20. The molecule has 164 valence electrons. The van der Waals surface area contributed by atoms with Crippen molar-refractivity contribution in [1.82, 2.24) is 20.0 Å². The summed E-state index contributed by atoms with van der Waals surface area (Å²) in [5, 5.41) is 5.92. The number of nitrogens with one attached hydrogen (secondary N) is 2. The lowest BCUT2D eigenvalue weighted by Gasteiger charge is -2.12. The smallest absolute Gasteiger partial charge is 0.329 e. The van der Waals surface area contributed by atoms with E-state index >= 15 is 0 Å². The molecule has 0 spiro atoms. The van der Waals surface area contributed by atoms with Crippen LogP contribution < -0.4 is 10.9 Å². The van der Waals surface area contributed by atoms with E-state index in [9.17, 15) is 18.8 Å². The van der Waals surface area contributed by atoms with Gasteiger partial charge in [0, 0.05) is 17.7 Å². The molecule has 1 fully saturated rings. The molecule has 3 amide bonds. The van der Waals surface area contributed by atoms with Gasteiger partial charge in [0.2, 0.25) is 0 Å².